The monoisotopic (exact) mass is 269 g/mol. The van der Waals surface area contributed by atoms with E-state index in [1.54, 1.807) is 0 Å². The zero-order valence-corrected chi connectivity index (χ0v) is 12.5. The molecule has 0 N–H and O–H groups in total. The van der Waals surface area contributed by atoms with Crippen molar-refractivity contribution >= 4 is 31.4 Å². The third-order valence-corrected chi connectivity index (χ3v) is 54.3. The van der Waals surface area contributed by atoms with Gasteiger partial charge in [-0.25, -0.2) is 0 Å². The number of rotatable bonds is 2. The number of hydrogen-bond donors (Lipinski definition) is 0. The zero-order chi connectivity index (χ0) is 7.71. The molecule has 55 valence electrons. The van der Waals surface area contributed by atoms with Gasteiger partial charge in [-0.15, -0.1) is 0 Å². The molecule has 3 heteroatoms. The van der Waals surface area contributed by atoms with E-state index in [9.17, 15) is 0 Å². The quantitative estimate of drug-likeness (QED) is 0.529. The molecule has 0 aromatic rings. The van der Waals surface area contributed by atoms with E-state index < -0.39 is 25.6 Å². The second-order valence-corrected chi connectivity index (χ2v) is 45.6. The summed E-state index contributed by atoms with van der Waals surface area (Å²) in [5.74, 6) is 17.0. The molecule has 0 amide bonds. The molecular formula is C6H18Ge2P. The fraction of sp³-hybridized carbons (Fsp3) is 1.00. The molecular weight excluding hydrogens is 248 g/mol. The molecule has 0 aliphatic rings. The second kappa shape index (κ2) is 3.27. The molecule has 0 saturated carbocycles. The van der Waals surface area contributed by atoms with Crippen LogP contribution in [0.1, 0.15) is 0 Å². The van der Waals surface area contributed by atoms with E-state index in [0.717, 1.165) is 0 Å². The van der Waals surface area contributed by atoms with Gasteiger partial charge in [-0.2, -0.15) is 0 Å². The van der Waals surface area contributed by atoms with E-state index >= 15 is 0 Å². The molecule has 0 unspecified atom stereocenters. The van der Waals surface area contributed by atoms with Crippen LogP contribution in [0, 0.1) is 0 Å². The average Bonchev–Trinajstić information content (AvgIpc) is 1.14. The van der Waals surface area contributed by atoms with Crippen molar-refractivity contribution in [2.24, 2.45) is 0 Å². The third kappa shape index (κ3) is 9.52. The maximum atomic E-state index is 2.51. The Bertz CT molecular complexity index is 76.2. The van der Waals surface area contributed by atoms with E-state index in [-0.39, 0.29) is 0 Å². The Morgan fingerprint density at radius 2 is 0.889 bits per heavy atom. The van der Waals surface area contributed by atoms with E-state index in [2.05, 4.69) is 34.5 Å². The summed E-state index contributed by atoms with van der Waals surface area (Å²) >= 11 is -2.37. The number of hydrogen-bond acceptors (Lipinski definition) is 0. The van der Waals surface area contributed by atoms with Crippen LogP contribution in [0.15, 0.2) is 0 Å². The summed E-state index contributed by atoms with van der Waals surface area (Å²) in [5, 5.41) is 0. The Hall–Kier alpha value is 1.52. The van der Waals surface area contributed by atoms with Crippen LogP contribution in [0.4, 0.5) is 0 Å². The Labute approximate surface area is 65.9 Å². The van der Waals surface area contributed by atoms with Crippen LogP contribution in [0.3, 0.4) is 0 Å². The van der Waals surface area contributed by atoms with Crippen molar-refractivity contribution < 1.29 is 0 Å². The van der Waals surface area contributed by atoms with E-state index in [1.165, 1.54) is 0 Å². The van der Waals surface area contributed by atoms with Crippen LogP contribution in [0.25, 0.3) is 0 Å². The summed E-state index contributed by atoms with van der Waals surface area (Å²) in [5.41, 5.74) is 0. The molecule has 0 atom stereocenters. The van der Waals surface area contributed by atoms with Gasteiger partial charge in [0.1, 0.15) is 0 Å². The molecule has 0 aromatic heterocycles. The normalized spacial score (nSPS) is 14.0. The first-order valence-electron chi connectivity index (χ1n) is 3.45. The minimum atomic E-state index is -1.18. The van der Waals surface area contributed by atoms with Gasteiger partial charge in [0.05, 0.1) is 0 Å². The molecule has 0 spiro atoms. The molecule has 0 saturated heterocycles. The van der Waals surface area contributed by atoms with Gasteiger partial charge in [0.2, 0.25) is 0 Å². The Balaban J connectivity index is 3.75. The fourth-order valence-corrected chi connectivity index (χ4v) is 81.5. The van der Waals surface area contributed by atoms with Crippen molar-refractivity contribution in [3.63, 3.8) is 0 Å². The van der Waals surface area contributed by atoms with Crippen LogP contribution in [0.2, 0.25) is 34.5 Å². The Kier molecular flexibility index (Phi) is 3.83. The predicted molar refractivity (Wildman–Crippen MR) is 53.6 cm³/mol. The van der Waals surface area contributed by atoms with Gasteiger partial charge in [-0.05, 0) is 0 Å². The zero-order valence-electron chi connectivity index (χ0n) is 7.45. The Morgan fingerprint density at radius 1 is 0.667 bits per heavy atom. The third-order valence-electron chi connectivity index (χ3n) is 0.671. The molecule has 1 radical (unpaired) electrons. The first-order chi connectivity index (χ1) is 3.71. The summed E-state index contributed by atoms with van der Waals surface area (Å²) in [6.07, 6.45) is 0. The SMILES string of the molecule is [CH3][Ge]([CH3])([CH3])[P][Ge]([CH3])([CH3])[CH3]. The standard InChI is InChI=1S/C6H18Ge2P/c1-7(2,3)9-8(4,5)6/h1-6H3. The van der Waals surface area contributed by atoms with Gasteiger partial charge in [-0.1, -0.05) is 0 Å². The summed E-state index contributed by atoms with van der Waals surface area (Å²) in [4.78, 5) is 0. The first kappa shape index (κ1) is 10.5. The van der Waals surface area contributed by atoms with Crippen LogP contribution < -0.4 is 0 Å². The summed E-state index contributed by atoms with van der Waals surface area (Å²) < 4.78 is 0. The van der Waals surface area contributed by atoms with Crippen molar-refractivity contribution in [1.82, 2.24) is 0 Å². The van der Waals surface area contributed by atoms with Crippen LogP contribution >= 0.6 is 5.80 Å². The molecule has 0 fully saturated rings. The molecule has 0 aliphatic heterocycles. The topological polar surface area (TPSA) is 0 Å². The molecule has 0 rings (SSSR count). The summed E-state index contributed by atoms with van der Waals surface area (Å²) in [6.45, 7) is 0. The Morgan fingerprint density at radius 3 is 0.889 bits per heavy atom. The van der Waals surface area contributed by atoms with Crippen LogP contribution in [0.5, 0.6) is 0 Å². The van der Waals surface area contributed by atoms with E-state index in [1.807, 2.05) is 5.80 Å². The van der Waals surface area contributed by atoms with Crippen LogP contribution in [-0.4, -0.2) is 25.6 Å². The van der Waals surface area contributed by atoms with E-state index in [4.69, 9.17) is 0 Å². The molecule has 0 aliphatic carbocycles. The molecule has 0 nitrogen and oxygen atoms in total. The van der Waals surface area contributed by atoms with Crippen LogP contribution in [-0.2, 0) is 0 Å². The fourth-order valence-electron chi connectivity index (χ4n) is 1.01. The second-order valence-electron chi connectivity index (χ2n) is 4.45. The molecule has 0 heterocycles. The molecule has 0 bridgehead atoms. The average molecular weight is 266 g/mol. The minimum absolute atomic E-state index is 1.18. The van der Waals surface area contributed by atoms with Gasteiger partial charge in [0.15, 0.2) is 0 Å². The van der Waals surface area contributed by atoms with Crippen molar-refractivity contribution in [1.29, 1.82) is 0 Å². The van der Waals surface area contributed by atoms with Gasteiger partial charge in [0.25, 0.3) is 0 Å². The van der Waals surface area contributed by atoms with Gasteiger partial charge >= 0.3 is 66.0 Å². The van der Waals surface area contributed by atoms with Crippen molar-refractivity contribution in [3.05, 3.63) is 0 Å². The predicted octanol–water partition coefficient (Wildman–Crippen LogP) is 3.60. The maximum absolute atomic E-state index is 2.51. The molecule has 0 aromatic carbocycles. The van der Waals surface area contributed by atoms with Gasteiger partial charge in [0, 0.05) is 0 Å². The molecule has 9 heavy (non-hydrogen) atoms. The van der Waals surface area contributed by atoms with Crippen molar-refractivity contribution in [2.45, 2.75) is 34.5 Å². The van der Waals surface area contributed by atoms with Crippen molar-refractivity contribution in [2.75, 3.05) is 0 Å². The van der Waals surface area contributed by atoms with Crippen molar-refractivity contribution in [3.8, 4) is 0 Å². The van der Waals surface area contributed by atoms with Gasteiger partial charge in [-0.3, -0.25) is 0 Å². The summed E-state index contributed by atoms with van der Waals surface area (Å²) in [6, 6.07) is 0. The van der Waals surface area contributed by atoms with E-state index in [0.29, 0.717) is 0 Å². The summed E-state index contributed by atoms with van der Waals surface area (Å²) in [7, 11) is 0. The first-order valence-corrected chi connectivity index (χ1v) is 22.6. The van der Waals surface area contributed by atoms with Gasteiger partial charge < -0.3 is 0 Å².